The maximum atomic E-state index is 4.33. The van der Waals surface area contributed by atoms with E-state index in [4.69, 9.17) is 0 Å². The molecule has 5 heteroatoms. The van der Waals surface area contributed by atoms with E-state index in [-0.39, 0.29) is 6.04 Å². The lowest BCUT2D eigenvalue weighted by Gasteiger charge is -2.06. The number of nitrogens with one attached hydrogen (secondary N) is 1. The van der Waals surface area contributed by atoms with Crippen LogP contribution in [0.1, 0.15) is 24.9 Å². The molecule has 2 aromatic carbocycles. The second-order valence-electron chi connectivity index (χ2n) is 4.93. The molecule has 21 heavy (non-hydrogen) atoms. The lowest BCUT2D eigenvalue weighted by molar-refractivity contribution is 0.590. The number of aromatic nitrogens is 2. The SMILES string of the molecule is CCNC(C)c1nnc(-c2ccc3cc(Br)ccc3c2)s1. The Kier molecular flexibility index (Phi) is 4.33. The number of halogens is 1. The predicted octanol–water partition coefficient (Wildman–Crippen LogP) is 4.79. The van der Waals surface area contributed by atoms with Crippen LogP contribution in [0.3, 0.4) is 0 Å². The van der Waals surface area contributed by atoms with Crippen molar-refractivity contribution in [3.8, 4) is 10.6 Å². The Morgan fingerprint density at radius 2 is 1.90 bits per heavy atom. The topological polar surface area (TPSA) is 37.8 Å². The minimum absolute atomic E-state index is 0.248. The predicted molar refractivity (Wildman–Crippen MR) is 92.6 cm³/mol. The van der Waals surface area contributed by atoms with Crippen LogP contribution < -0.4 is 5.32 Å². The van der Waals surface area contributed by atoms with E-state index in [1.165, 1.54) is 10.8 Å². The molecule has 3 aromatic rings. The zero-order valence-electron chi connectivity index (χ0n) is 11.9. The highest BCUT2D eigenvalue weighted by molar-refractivity contribution is 9.10. The highest BCUT2D eigenvalue weighted by Crippen LogP contribution is 2.30. The van der Waals surface area contributed by atoms with E-state index >= 15 is 0 Å². The van der Waals surface area contributed by atoms with Gasteiger partial charge in [0.25, 0.3) is 0 Å². The highest BCUT2D eigenvalue weighted by Gasteiger charge is 2.12. The van der Waals surface area contributed by atoms with Crippen molar-refractivity contribution in [1.82, 2.24) is 15.5 Å². The second kappa shape index (κ2) is 6.22. The smallest absolute Gasteiger partial charge is 0.147 e. The van der Waals surface area contributed by atoms with Gasteiger partial charge < -0.3 is 5.32 Å². The second-order valence-corrected chi connectivity index (χ2v) is 6.86. The Morgan fingerprint density at radius 1 is 1.14 bits per heavy atom. The monoisotopic (exact) mass is 361 g/mol. The molecule has 0 fully saturated rings. The van der Waals surface area contributed by atoms with Crippen molar-refractivity contribution < 1.29 is 0 Å². The number of nitrogens with zero attached hydrogens (tertiary/aromatic N) is 2. The lowest BCUT2D eigenvalue weighted by atomic mass is 10.1. The molecule has 0 radical (unpaired) electrons. The first-order valence-corrected chi connectivity index (χ1v) is 8.55. The summed E-state index contributed by atoms with van der Waals surface area (Å²) >= 11 is 5.15. The van der Waals surface area contributed by atoms with Crippen LogP contribution in [-0.2, 0) is 0 Å². The van der Waals surface area contributed by atoms with Crippen LogP contribution in [-0.4, -0.2) is 16.7 Å². The molecule has 0 amide bonds. The maximum Gasteiger partial charge on any atom is 0.147 e. The van der Waals surface area contributed by atoms with Crippen molar-refractivity contribution in [2.45, 2.75) is 19.9 Å². The summed E-state index contributed by atoms with van der Waals surface area (Å²) in [6.45, 7) is 5.15. The van der Waals surface area contributed by atoms with Crippen LogP contribution in [0.15, 0.2) is 40.9 Å². The molecule has 3 nitrogen and oxygen atoms in total. The van der Waals surface area contributed by atoms with Crippen LogP contribution in [0, 0.1) is 0 Å². The van der Waals surface area contributed by atoms with E-state index in [0.29, 0.717) is 0 Å². The molecule has 1 aromatic heterocycles. The van der Waals surface area contributed by atoms with Gasteiger partial charge in [0.15, 0.2) is 0 Å². The quantitative estimate of drug-likeness (QED) is 0.725. The van der Waals surface area contributed by atoms with Crippen molar-refractivity contribution in [3.63, 3.8) is 0 Å². The molecule has 0 aliphatic carbocycles. The van der Waals surface area contributed by atoms with Gasteiger partial charge in [0.1, 0.15) is 10.0 Å². The summed E-state index contributed by atoms with van der Waals surface area (Å²) in [6, 6.07) is 13.0. The molecule has 0 aliphatic rings. The minimum Gasteiger partial charge on any atom is -0.308 e. The van der Waals surface area contributed by atoms with Gasteiger partial charge in [-0.15, -0.1) is 10.2 Å². The summed E-state index contributed by atoms with van der Waals surface area (Å²) in [5, 5.41) is 16.4. The van der Waals surface area contributed by atoms with Crippen LogP contribution in [0.5, 0.6) is 0 Å². The third-order valence-electron chi connectivity index (χ3n) is 3.37. The van der Waals surface area contributed by atoms with E-state index in [9.17, 15) is 0 Å². The Labute approximate surface area is 136 Å². The van der Waals surface area contributed by atoms with Crippen molar-refractivity contribution >= 4 is 38.0 Å². The number of hydrogen-bond donors (Lipinski definition) is 1. The zero-order chi connectivity index (χ0) is 14.8. The van der Waals surface area contributed by atoms with E-state index in [1.54, 1.807) is 11.3 Å². The Balaban J connectivity index is 1.95. The summed E-state index contributed by atoms with van der Waals surface area (Å²) in [5.41, 5.74) is 1.12. The number of fused-ring (bicyclic) bond motifs is 1. The van der Waals surface area contributed by atoms with Crippen LogP contribution in [0.2, 0.25) is 0 Å². The Hall–Kier alpha value is -1.30. The first-order valence-electron chi connectivity index (χ1n) is 6.94. The molecule has 3 rings (SSSR count). The molecule has 0 saturated carbocycles. The molecule has 1 heterocycles. The van der Waals surface area contributed by atoms with E-state index in [2.05, 4.69) is 81.7 Å². The van der Waals surface area contributed by atoms with Gasteiger partial charge in [-0.3, -0.25) is 0 Å². The van der Waals surface area contributed by atoms with Gasteiger partial charge in [-0.2, -0.15) is 0 Å². The van der Waals surface area contributed by atoms with Crippen molar-refractivity contribution in [2.24, 2.45) is 0 Å². The van der Waals surface area contributed by atoms with Crippen LogP contribution >= 0.6 is 27.3 Å². The van der Waals surface area contributed by atoms with E-state index < -0.39 is 0 Å². The van der Waals surface area contributed by atoms with Gasteiger partial charge in [0.2, 0.25) is 0 Å². The normalized spacial score (nSPS) is 12.7. The molecule has 0 spiro atoms. The largest absolute Gasteiger partial charge is 0.308 e. The van der Waals surface area contributed by atoms with Crippen molar-refractivity contribution in [1.29, 1.82) is 0 Å². The summed E-state index contributed by atoms with van der Waals surface area (Å²) in [6.07, 6.45) is 0. The number of benzene rings is 2. The average Bonchev–Trinajstić information content (AvgIpc) is 2.97. The summed E-state index contributed by atoms with van der Waals surface area (Å²) < 4.78 is 1.10. The van der Waals surface area contributed by atoms with E-state index in [0.717, 1.165) is 26.6 Å². The van der Waals surface area contributed by atoms with Gasteiger partial charge >= 0.3 is 0 Å². The van der Waals surface area contributed by atoms with Crippen LogP contribution in [0.4, 0.5) is 0 Å². The highest BCUT2D eigenvalue weighted by atomic mass is 79.9. The van der Waals surface area contributed by atoms with Crippen molar-refractivity contribution in [2.75, 3.05) is 6.54 Å². The first-order chi connectivity index (χ1) is 10.2. The van der Waals surface area contributed by atoms with Gasteiger partial charge in [-0.05, 0) is 42.4 Å². The van der Waals surface area contributed by atoms with Crippen LogP contribution in [0.25, 0.3) is 21.3 Å². The fourth-order valence-electron chi connectivity index (χ4n) is 2.27. The molecule has 0 aliphatic heterocycles. The lowest BCUT2D eigenvalue weighted by Crippen LogP contribution is -2.17. The molecular weight excluding hydrogens is 346 g/mol. The third kappa shape index (κ3) is 3.15. The molecule has 1 unspecified atom stereocenters. The molecule has 1 N–H and O–H groups in total. The molecule has 108 valence electrons. The Morgan fingerprint density at radius 3 is 2.71 bits per heavy atom. The van der Waals surface area contributed by atoms with Crippen molar-refractivity contribution in [3.05, 3.63) is 45.9 Å². The van der Waals surface area contributed by atoms with Gasteiger partial charge in [0, 0.05) is 10.0 Å². The van der Waals surface area contributed by atoms with Gasteiger partial charge in [0.05, 0.1) is 6.04 Å². The maximum absolute atomic E-state index is 4.33. The molecule has 0 bridgehead atoms. The molecular formula is C16H16BrN3S. The zero-order valence-corrected chi connectivity index (χ0v) is 14.3. The van der Waals surface area contributed by atoms with E-state index in [1.807, 2.05) is 0 Å². The fraction of sp³-hybridized carbons (Fsp3) is 0.250. The number of rotatable bonds is 4. The summed E-state index contributed by atoms with van der Waals surface area (Å²) in [5.74, 6) is 0. The Bertz CT molecular complexity index is 769. The van der Waals surface area contributed by atoms with Gasteiger partial charge in [-0.1, -0.05) is 52.4 Å². The fourth-order valence-corrected chi connectivity index (χ4v) is 3.51. The standard InChI is InChI=1S/C16H16BrN3S/c1-3-18-10(2)15-19-20-16(21-15)13-5-4-12-9-14(17)7-6-11(12)8-13/h4-10,18H,3H2,1-2H3. The first kappa shape index (κ1) is 14.6. The molecule has 0 saturated heterocycles. The van der Waals surface area contributed by atoms with Gasteiger partial charge in [-0.25, -0.2) is 0 Å². The minimum atomic E-state index is 0.248. The number of hydrogen-bond acceptors (Lipinski definition) is 4. The summed E-state index contributed by atoms with van der Waals surface area (Å²) in [4.78, 5) is 0. The molecule has 1 atom stereocenters. The third-order valence-corrected chi connectivity index (χ3v) is 5.02. The average molecular weight is 362 g/mol. The summed E-state index contributed by atoms with van der Waals surface area (Å²) in [7, 11) is 0.